The van der Waals surface area contributed by atoms with Gasteiger partial charge in [0.2, 0.25) is 0 Å². The van der Waals surface area contributed by atoms with Crippen molar-refractivity contribution in [2.75, 3.05) is 5.32 Å². The molecule has 4 aromatic rings. The molecule has 5 rings (SSSR count). The molecule has 1 aliphatic rings. The van der Waals surface area contributed by atoms with Crippen LogP contribution in [0.5, 0.6) is 0 Å². The number of benzene rings is 1. The third kappa shape index (κ3) is 4.43. The first-order valence-corrected chi connectivity index (χ1v) is 11.1. The second kappa shape index (κ2) is 8.30. The molecule has 0 aliphatic heterocycles. The van der Waals surface area contributed by atoms with Crippen LogP contribution in [0.3, 0.4) is 0 Å². The molecule has 0 bridgehead atoms. The summed E-state index contributed by atoms with van der Waals surface area (Å²) in [6.45, 7) is 3.90. The number of nitrogens with one attached hydrogen (secondary N) is 1. The Morgan fingerprint density at radius 2 is 1.91 bits per heavy atom. The molecule has 1 amide bonds. The van der Waals surface area contributed by atoms with Crippen LogP contribution in [-0.4, -0.2) is 31.0 Å². The van der Waals surface area contributed by atoms with Crippen molar-refractivity contribution in [3.05, 3.63) is 95.2 Å². The zero-order valence-electron chi connectivity index (χ0n) is 18.7. The van der Waals surface area contributed by atoms with Crippen molar-refractivity contribution >= 4 is 29.4 Å². The number of hydrogen-bond acceptors (Lipinski definition) is 4. The average Bonchev–Trinajstić information content (AvgIpc) is 3.12. The van der Waals surface area contributed by atoms with E-state index < -0.39 is 5.60 Å². The molecule has 0 atom stereocenters. The third-order valence-electron chi connectivity index (χ3n) is 6.22. The first kappa shape index (κ1) is 21.1. The molecule has 0 spiro atoms. The van der Waals surface area contributed by atoms with Gasteiger partial charge in [-0.15, -0.1) is 0 Å². The summed E-state index contributed by atoms with van der Waals surface area (Å²) in [5.74, 6) is 0.116. The van der Waals surface area contributed by atoms with E-state index in [0.29, 0.717) is 11.3 Å². The number of carbonyl (C=O) groups excluding carboxylic acids is 1. The number of aromatic nitrogens is 3. The SMILES string of the molecule is Cc1c(C2CC(C)(O)C2)nc2ccc(NC(=O)c3ccc(C=Cc4ccccn4)cc3)cn12. The molecule has 3 aromatic heterocycles. The summed E-state index contributed by atoms with van der Waals surface area (Å²) in [5.41, 5.74) is 5.51. The Hall–Kier alpha value is -3.77. The van der Waals surface area contributed by atoms with Gasteiger partial charge >= 0.3 is 0 Å². The summed E-state index contributed by atoms with van der Waals surface area (Å²) >= 11 is 0. The Morgan fingerprint density at radius 1 is 1.12 bits per heavy atom. The Morgan fingerprint density at radius 3 is 2.61 bits per heavy atom. The van der Waals surface area contributed by atoms with Crippen molar-refractivity contribution in [3.63, 3.8) is 0 Å². The van der Waals surface area contributed by atoms with Gasteiger partial charge in [0.25, 0.3) is 5.91 Å². The predicted octanol–water partition coefficient (Wildman–Crippen LogP) is 5.09. The maximum absolute atomic E-state index is 12.8. The molecule has 2 N–H and O–H groups in total. The molecule has 0 unspecified atom stereocenters. The standard InChI is InChI=1S/C27H26N4O2/c1-18-25(21-15-27(2,33)16-21)30-24-13-12-23(17-31(18)24)29-26(32)20-9-6-19(7-10-20)8-11-22-5-3-4-14-28-22/h3-14,17,21,33H,15-16H2,1-2H3,(H,29,32). The highest BCUT2D eigenvalue weighted by Gasteiger charge is 2.41. The fraction of sp³-hybridized carbons (Fsp3) is 0.222. The number of rotatable bonds is 5. The lowest BCUT2D eigenvalue weighted by molar-refractivity contribution is -0.0323. The molecule has 1 fully saturated rings. The molecule has 33 heavy (non-hydrogen) atoms. The molecular weight excluding hydrogens is 412 g/mol. The monoisotopic (exact) mass is 438 g/mol. The minimum atomic E-state index is -0.587. The summed E-state index contributed by atoms with van der Waals surface area (Å²) in [6.07, 6.45) is 9.03. The van der Waals surface area contributed by atoms with E-state index in [2.05, 4.69) is 10.3 Å². The summed E-state index contributed by atoms with van der Waals surface area (Å²) < 4.78 is 2.00. The van der Waals surface area contributed by atoms with Crippen molar-refractivity contribution < 1.29 is 9.90 Å². The maximum Gasteiger partial charge on any atom is 0.255 e. The van der Waals surface area contributed by atoms with Gasteiger partial charge in [0, 0.05) is 29.6 Å². The number of carbonyl (C=O) groups is 1. The van der Waals surface area contributed by atoms with Crippen LogP contribution in [-0.2, 0) is 0 Å². The number of aliphatic hydroxyl groups is 1. The van der Waals surface area contributed by atoms with E-state index in [9.17, 15) is 9.90 Å². The Kier molecular flexibility index (Phi) is 5.30. The van der Waals surface area contributed by atoms with Crippen molar-refractivity contribution in [2.24, 2.45) is 0 Å². The van der Waals surface area contributed by atoms with Crippen LogP contribution in [0.25, 0.3) is 17.8 Å². The minimum absolute atomic E-state index is 0.164. The number of pyridine rings is 2. The second-order valence-electron chi connectivity index (χ2n) is 8.99. The lowest BCUT2D eigenvalue weighted by Crippen LogP contribution is -2.39. The number of imidazole rings is 1. The summed E-state index contributed by atoms with van der Waals surface area (Å²) in [7, 11) is 0. The number of aryl methyl sites for hydroxylation is 1. The average molecular weight is 439 g/mol. The topological polar surface area (TPSA) is 79.5 Å². The van der Waals surface area contributed by atoms with Crippen molar-refractivity contribution in [1.29, 1.82) is 0 Å². The number of anilines is 1. The molecule has 6 heteroatoms. The zero-order valence-corrected chi connectivity index (χ0v) is 18.7. The largest absolute Gasteiger partial charge is 0.390 e. The van der Waals surface area contributed by atoms with Gasteiger partial charge < -0.3 is 14.8 Å². The van der Waals surface area contributed by atoms with Crippen molar-refractivity contribution in [2.45, 2.75) is 38.2 Å². The molecule has 1 saturated carbocycles. The van der Waals surface area contributed by atoms with Crippen molar-refractivity contribution in [3.8, 4) is 0 Å². The van der Waals surface area contributed by atoms with E-state index in [1.165, 1.54) is 0 Å². The summed E-state index contributed by atoms with van der Waals surface area (Å²) in [6, 6.07) is 17.0. The highest BCUT2D eigenvalue weighted by Crippen LogP contribution is 2.45. The van der Waals surface area contributed by atoms with Gasteiger partial charge in [-0.05, 0) is 74.7 Å². The molecular formula is C27H26N4O2. The van der Waals surface area contributed by atoms with Crippen LogP contribution >= 0.6 is 0 Å². The third-order valence-corrected chi connectivity index (χ3v) is 6.22. The molecule has 0 radical (unpaired) electrons. The Bertz CT molecular complexity index is 1330. The van der Waals surface area contributed by atoms with Gasteiger partial charge in [-0.3, -0.25) is 9.78 Å². The molecule has 166 valence electrons. The predicted molar refractivity (Wildman–Crippen MR) is 130 cm³/mol. The lowest BCUT2D eigenvalue weighted by Gasteiger charge is -2.40. The summed E-state index contributed by atoms with van der Waals surface area (Å²) in [4.78, 5) is 21.8. The molecule has 3 heterocycles. The van der Waals surface area contributed by atoms with Crippen LogP contribution in [0.15, 0.2) is 67.0 Å². The number of hydrogen-bond donors (Lipinski definition) is 2. The zero-order chi connectivity index (χ0) is 23.0. The van der Waals surface area contributed by atoms with Gasteiger partial charge in [-0.25, -0.2) is 4.98 Å². The molecule has 0 saturated heterocycles. The van der Waals surface area contributed by atoms with E-state index in [1.54, 1.807) is 6.20 Å². The van der Waals surface area contributed by atoms with Crippen molar-refractivity contribution in [1.82, 2.24) is 14.4 Å². The van der Waals surface area contributed by atoms with E-state index >= 15 is 0 Å². The molecule has 6 nitrogen and oxygen atoms in total. The van der Waals surface area contributed by atoms with Crippen LogP contribution in [0.2, 0.25) is 0 Å². The fourth-order valence-electron chi connectivity index (χ4n) is 4.44. The maximum atomic E-state index is 12.8. The number of amides is 1. The fourth-order valence-corrected chi connectivity index (χ4v) is 4.44. The van der Waals surface area contributed by atoms with E-state index in [4.69, 9.17) is 4.98 Å². The lowest BCUT2D eigenvalue weighted by atomic mass is 9.70. The molecule has 1 aliphatic carbocycles. The van der Waals surface area contributed by atoms with E-state index in [1.807, 2.05) is 91.2 Å². The second-order valence-corrected chi connectivity index (χ2v) is 8.99. The quantitative estimate of drug-likeness (QED) is 0.455. The Labute approximate surface area is 192 Å². The number of fused-ring (bicyclic) bond motifs is 1. The summed E-state index contributed by atoms with van der Waals surface area (Å²) in [5, 5.41) is 13.1. The van der Waals surface area contributed by atoms with Crippen LogP contribution in [0.1, 0.15) is 58.7 Å². The molecule has 1 aromatic carbocycles. The van der Waals surface area contributed by atoms with E-state index in [0.717, 1.165) is 41.1 Å². The minimum Gasteiger partial charge on any atom is -0.390 e. The highest BCUT2D eigenvalue weighted by molar-refractivity contribution is 6.04. The van der Waals surface area contributed by atoms with Gasteiger partial charge in [-0.2, -0.15) is 0 Å². The van der Waals surface area contributed by atoms with Crippen LogP contribution < -0.4 is 5.32 Å². The van der Waals surface area contributed by atoms with Gasteiger partial charge in [0.1, 0.15) is 5.65 Å². The number of nitrogens with zero attached hydrogens (tertiary/aromatic N) is 3. The van der Waals surface area contributed by atoms with Gasteiger partial charge in [-0.1, -0.05) is 24.3 Å². The van der Waals surface area contributed by atoms with Gasteiger partial charge in [0.15, 0.2) is 0 Å². The van der Waals surface area contributed by atoms with E-state index in [-0.39, 0.29) is 11.8 Å². The van der Waals surface area contributed by atoms with Crippen LogP contribution in [0.4, 0.5) is 5.69 Å². The normalized spacial score (nSPS) is 20.2. The van der Waals surface area contributed by atoms with Gasteiger partial charge in [0.05, 0.1) is 22.7 Å². The smallest absolute Gasteiger partial charge is 0.255 e. The first-order chi connectivity index (χ1) is 15.9. The van der Waals surface area contributed by atoms with Crippen LogP contribution in [0, 0.1) is 6.92 Å². The highest BCUT2D eigenvalue weighted by atomic mass is 16.3. The first-order valence-electron chi connectivity index (χ1n) is 11.1. The Balaban J connectivity index is 1.28.